The Balaban J connectivity index is 2.46. The second-order valence-corrected chi connectivity index (χ2v) is 5.19. The Labute approximate surface area is 116 Å². The average molecular weight is 356 g/mol. The first kappa shape index (κ1) is 14.3. The highest BCUT2D eigenvalue weighted by Crippen LogP contribution is 2.19. The average Bonchev–Trinajstić information content (AvgIpc) is 2.56. The van der Waals surface area contributed by atoms with Crippen molar-refractivity contribution in [1.82, 2.24) is 15.1 Å². The summed E-state index contributed by atoms with van der Waals surface area (Å²) in [6.07, 6.45) is 2.49. The summed E-state index contributed by atoms with van der Waals surface area (Å²) < 4.78 is 3.20. The normalized spacial score (nSPS) is 11.0. The van der Waals surface area contributed by atoms with Crippen molar-refractivity contribution in [2.75, 3.05) is 11.0 Å². The van der Waals surface area contributed by atoms with Gasteiger partial charge in [-0.1, -0.05) is 34.2 Å². The summed E-state index contributed by atoms with van der Waals surface area (Å²) in [5.41, 5.74) is 2.03. The van der Waals surface area contributed by atoms with Crippen molar-refractivity contribution in [3.05, 3.63) is 16.4 Å². The van der Waals surface area contributed by atoms with Crippen LogP contribution in [0.4, 0.5) is 0 Å². The van der Waals surface area contributed by atoms with Crippen LogP contribution in [-0.4, -0.2) is 20.8 Å². The fraction of sp³-hybridized carbons (Fsp3) is 0.727. The van der Waals surface area contributed by atoms with Gasteiger partial charge in [-0.2, -0.15) is 5.10 Å². The van der Waals surface area contributed by atoms with Gasteiger partial charge in [0.05, 0.1) is 16.4 Å². The van der Waals surface area contributed by atoms with E-state index in [2.05, 4.69) is 39.9 Å². The van der Waals surface area contributed by atoms with Crippen molar-refractivity contribution in [2.24, 2.45) is 0 Å². The molecule has 0 aliphatic carbocycles. The second kappa shape index (κ2) is 7.50. The Morgan fingerprint density at radius 3 is 2.81 bits per heavy atom. The summed E-state index contributed by atoms with van der Waals surface area (Å²) in [6, 6.07) is 0. The molecular formula is C11H19ClIN3. The minimum absolute atomic E-state index is 0.809. The summed E-state index contributed by atoms with van der Waals surface area (Å²) >= 11 is 8.62. The van der Waals surface area contributed by atoms with E-state index >= 15 is 0 Å². The van der Waals surface area contributed by atoms with Gasteiger partial charge in [0, 0.05) is 13.1 Å². The molecule has 0 fully saturated rings. The molecule has 0 saturated heterocycles. The molecule has 1 aromatic heterocycles. The fourth-order valence-corrected chi connectivity index (χ4v) is 2.33. The molecule has 0 aliphatic rings. The van der Waals surface area contributed by atoms with Crippen LogP contribution in [0.3, 0.4) is 0 Å². The predicted molar refractivity (Wildman–Crippen MR) is 77.5 cm³/mol. The molecule has 92 valence electrons. The van der Waals surface area contributed by atoms with E-state index in [9.17, 15) is 0 Å². The van der Waals surface area contributed by atoms with Gasteiger partial charge in [-0.15, -0.1) is 0 Å². The highest BCUT2D eigenvalue weighted by Gasteiger charge is 2.11. The van der Waals surface area contributed by atoms with Crippen LogP contribution < -0.4 is 5.32 Å². The van der Waals surface area contributed by atoms with E-state index in [0.717, 1.165) is 36.0 Å². The van der Waals surface area contributed by atoms with Gasteiger partial charge in [0.25, 0.3) is 0 Å². The van der Waals surface area contributed by atoms with Gasteiger partial charge in [-0.05, 0) is 37.7 Å². The Kier molecular flexibility index (Phi) is 6.68. The molecule has 1 N–H and O–H groups in total. The van der Waals surface area contributed by atoms with E-state index < -0.39 is 0 Å². The van der Waals surface area contributed by atoms with Crippen molar-refractivity contribution in [3.8, 4) is 0 Å². The summed E-state index contributed by atoms with van der Waals surface area (Å²) in [5.74, 6) is 0. The zero-order chi connectivity index (χ0) is 12.0. The van der Waals surface area contributed by atoms with Crippen molar-refractivity contribution < 1.29 is 0 Å². The van der Waals surface area contributed by atoms with Gasteiger partial charge in [-0.25, -0.2) is 0 Å². The first-order valence-electron chi connectivity index (χ1n) is 5.69. The molecule has 0 radical (unpaired) electrons. The van der Waals surface area contributed by atoms with E-state index in [1.807, 2.05) is 11.6 Å². The lowest BCUT2D eigenvalue weighted by Crippen LogP contribution is -2.18. The van der Waals surface area contributed by atoms with Crippen LogP contribution in [0.15, 0.2) is 0 Å². The van der Waals surface area contributed by atoms with E-state index in [0.29, 0.717) is 0 Å². The van der Waals surface area contributed by atoms with Crippen LogP contribution in [0.2, 0.25) is 5.02 Å². The van der Waals surface area contributed by atoms with E-state index in [4.69, 9.17) is 11.6 Å². The lowest BCUT2D eigenvalue weighted by atomic mass is 10.3. The third-order valence-corrected chi connectivity index (χ3v) is 3.74. The molecule has 1 rings (SSSR count). The van der Waals surface area contributed by atoms with Crippen LogP contribution in [-0.2, 0) is 13.1 Å². The molecule has 0 saturated carbocycles. The Morgan fingerprint density at radius 1 is 1.44 bits per heavy atom. The fourth-order valence-electron chi connectivity index (χ4n) is 1.59. The Bertz CT molecular complexity index is 325. The van der Waals surface area contributed by atoms with Crippen LogP contribution in [0.1, 0.15) is 31.2 Å². The molecule has 1 aromatic rings. The monoisotopic (exact) mass is 355 g/mol. The van der Waals surface area contributed by atoms with Gasteiger partial charge >= 0.3 is 0 Å². The zero-order valence-electron chi connectivity index (χ0n) is 9.89. The number of alkyl halides is 1. The van der Waals surface area contributed by atoms with E-state index in [1.165, 1.54) is 17.3 Å². The van der Waals surface area contributed by atoms with Crippen LogP contribution in [0, 0.1) is 6.92 Å². The standard InChI is InChI=1S/C11H19ClIN3/c1-3-16-10(11(12)9(2)15-16)8-14-7-5-4-6-13/h14H,3-8H2,1-2H3. The molecule has 0 bridgehead atoms. The third-order valence-electron chi connectivity index (χ3n) is 2.48. The first-order valence-corrected chi connectivity index (χ1v) is 7.59. The number of unbranched alkanes of at least 4 members (excludes halogenated alkanes) is 1. The number of halogens is 2. The molecule has 16 heavy (non-hydrogen) atoms. The van der Waals surface area contributed by atoms with Crippen LogP contribution in [0.25, 0.3) is 0 Å². The van der Waals surface area contributed by atoms with Crippen molar-refractivity contribution in [2.45, 2.75) is 39.8 Å². The number of rotatable bonds is 7. The quantitative estimate of drug-likeness (QED) is 0.462. The van der Waals surface area contributed by atoms with Gasteiger partial charge in [0.2, 0.25) is 0 Å². The first-order chi connectivity index (χ1) is 7.70. The van der Waals surface area contributed by atoms with Crippen molar-refractivity contribution in [1.29, 1.82) is 0 Å². The van der Waals surface area contributed by atoms with Crippen molar-refractivity contribution in [3.63, 3.8) is 0 Å². The van der Waals surface area contributed by atoms with Gasteiger partial charge < -0.3 is 5.32 Å². The second-order valence-electron chi connectivity index (χ2n) is 3.73. The van der Waals surface area contributed by atoms with Gasteiger partial charge in [0.1, 0.15) is 0 Å². The number of hydrogen-bond donors (Lipinski definition) is 1. The van der Waals surface area contributed by atoms with Crippen LogP contribution >= 0.6 is 34.2 Å². The SMILES string of the molecule is CCn1nc(C)c(Cl)c1CNCCCCI. The highest BCUT2D eigenvalue weighted by atomic mass is 127. The summed E-state index contributed by atoms with van der Waals surface area (Å²) in [4.78, 5) is 0. The maximum absolute atomic E-state index is 6.21. The third kappa shape index (κ3) is 3.89. The minimum Gasteiger partial charge on any atom is -0.311 e. The molecule has 0 aromatic carbocycles. The Hall–Kier alpha value is 0.190. The van der Waals surface area contributed by atoms with Crippen LogP contribution in [0.5, 0.6) is 0 Å². The summed E-state index contributed by atoms with van der Waals surface area (Å²) in [5, 5.41) is 8.61. The number of hydrogen-bond acceptors (Lipinski definition) is 2. The topological polar surface area (TPSA) is 29.9 Å². The molecular weight excluding hydrogens is 336 g/mol. The maximum atomic E-state index is 6.21. The predicted octanol–water partition coefficient (Wildman–Crippen LogP) is 3.17. The lowest BCUT2D eigenvalue weighted by molar-refractivity contribution is 0.570. The van der Waals surface area contributed by atoms with Crippen molar-refractivity contribution >= 4 is 34.2 Å². The Morgan fingerprint density at radius 2 is 2.19 bits per heavy atom. The molecule has 0 spiro atoms. The summed E-state index contributed by atoms with van der Waals surface area (Å²) in [6.45, 7) is 6.77. The number of aromatic nitrogens is 2. The largest absolute Gasteiger partial charge is 0.311 e. The lowest BCUT2D eigenvalue weighted by Gasteiger charge is -2.06. The van der Waals surface area contributed by atoms with E-state index in [1.54, 1.807) is 0 Å². The molecule has 3 nitrogen and oxygen atoms in total. The number of aryl methyl sites for hydroxylation is 2. The zero-order valence-corrected chi connectivity index (χ0v) is 12.8. The van der Waals surface area contributed by atoms with Gasteiger partial charge in [0.15, 0.2) is 0 Å². The van der Waals surface area contributed by atoms with E-state index in [-0.39, 0.29) is 0 Å². The molecule has 5 heteroatoms. The molecule has 0 amide bonds. The smallest absolute Gasteiger partial charge is 0.0860 e. The number of nitrogens with zero attached hydrogens (tertiary/aromatic N) is 2. The van der Waals surface area contributed by atoms with Gasteiger partial charge in [-0.3, -0.25) is 4.68 Å². The highest BCUT2D eigenvalue weighted by molar-refractivity contribution is 14.1. The minimum atomic E-state index is 0.809. The molecule has 0 atom stereocenters. The summed E-state index contributed by atoms with van der Waals surface area (Å²) in [7, 11) is 0. The molecule has 1 heterocycles. The molecule has 0 unspecified atom stereocenters. The molecule has 0 aliphatic heterocycles. The maximum Gasteiger partial charge on any atom is 0.0860 e. The number of nitrogens with one attached hydrogen (secondary N) is 1.